The van der Waals surface area contributed by atoms with Crippen molar-refractivity contribution in [3.8, 4) is 0 Å². The highest BCUT2D eigenvalue weighted by Gasteiger charge is 2.24. The van der Waals surface area contributed by atoms with Crippen LogP contribution in [0.5, 0.6) is 0 Å². The topological polar surface area (TPSA) is 61.6 Å². The van der Waals surface area contributed by atoms with Crippen molar-refractivity contribution in [2.24, 2.45) is 0 Å². The van der Waals surface area contributed by atoms with Crippen molar-refractivity contribution >= 4 is 23.0 Å². The lowest BCUT2D eigenvalue weighted by atomic mass is 10.1. The third-order valence-corrected chi connectivity index (χ3v) is 4.60. The van der Waals surface area contributed by atoms with Crippen LogP contribution in [0.4, 0.5) is 17.1 Å². The van der Waals surface area contributed by atoms with Crippen LogP contribution in [0.2, 0.25) is 0 Å². The predicted octanol–water partition coefficient (Wildman–Crippen LogP) is 2.66. The van der Waals surface area contributed by atoms with Crippen LogP contribution >= 0.6 is 0 Å². The van der Waals surface area contributed by atoms with Gasteiger partial charge < -0.3 is 20.9 Å². The number of hydrogen-bond donors (Lipinski definition) is 2. The molecule has 1 aliphatic heterocycles. The first-order valence-electron chi connectivity index (χ1n) is 8.22. The van der Waals surface area contributed by atoms with Gasteiger partial charge in [0.25, 0.3) is 5.91 Å². The molecule has 0 saturated carbocycles. The zero-order valence-electron chi connectivity index (χ0n) is 14.2. The minimum absolute atomic E-state index is 0.146. The van der Waals surface area contributed by atoms with Crippen LogP contribution in [-0.4, -0.2) is 44.0 Å². The maximum Gasteiger partial charge on any atom is 0.255 e. The maximum atomic E-state index is 12.4. The molecule has 5 nitrogen and oxygen atoms in total. The molecule has 1 heterocycles. The summed E-state index contributed by atoms with van der Waals surface area (Å²) in [6, 6.07) is 15.6. The average molecular weight is 324 g/mol. The van der Waals surface area contributed by atoms with Crippen LogP contribution in [0.1, 0.15) is 16.8 Å². The van der Waals surface area contributed by atoms with Gasteiger partial charge in [0, 0.05) is 30.4 Å². The van der Waals surface area contributed by atoms with E-state index in [9.17, 15) is 4.79 Å². The van der Waals surface area contributed by atoms with E-state index in [0.29, 0.717) is 23.0 Å². The first-order valence-corrected chi connectivity index (χ1v) is 8.22. The van der Waals surface area contributed by atoms with Crippen LogP contribution in [0.25, 0.3) is 0 Å². The van der Waals surface area contributed by atoms with Crippen molar-refractivity contribution in [3.63, 3.8) is 0 Å². The van der Waals surface area contributed by atoms with Crippen LogP contribution in [0, 0.1) is 0 Å². The molecule has 1 aliphatic rings. The lowest BCUT2D eigenvalue weighted by Gasteiger charge is -2.22. The Labute approximate surface area is 143 Å². The largest absolute Gasteiger partial charge is 0.397 e. The van der Waals surface area contributed by atoms with E-state index in [1.165, 1.54) is 6.42 Å². The Balaban J connectivity index is 1.66. The molecule has 24 heavy (non-hydrogen) atoms. The number of para-hydroxylation sites is 2. The van der Waals surface area contributed by atoms with E-state index in [4.69, 9.17) is 5.73 Å². The van der Waals surface area contributed by atoms with Gasteiger partial charge in [0.05, 0.1) is 11.4 Å². The molecular formula is C19H24N4O. The summed E-state index contributed by atoms with van der Waals surface area (Å²) in [6.45, 7) is 2.08. The van der Waals surface area contributed by atoms with Crippen LogP contribution < -0.4 is 16.0 Å². The first-order chi connectivity index (χ1) is 11.5. The summed E-state index contributed by atoms with van der Waals surface area (Å²) < 4.78 is 0. The number of amides is 1. The zero-order chi connectivity index (χ0) is 17.1. The Morgan fingerprint density at radius 3 is 2.50 bits per heavy atom. The third kappa shape index (κ3) is 3.51. The number of nitrogens with zero attached hydrogens (tertiary/aromatic N) is 2. The molecule has 1 fully saturated rings. The predicted molar refractivity (Wildman–Crippen MR) is 99.6 cm³/mol. The molecule has 2 aromatic carbocycles. The fraction of sp³-hybridized carbons (Fsp3) is 0.316. The van der Waals surface area contributed by atoms with E-state index < -0.39 is 0 Å². The number of benzene rings is 2. The summed E-state index contributed by atoms with van der Waals surface area (Å²) in [6.07, 6.45) is 1.17. The summed E-state index contributed by atoms with van der Waals surface area (Å²) in [5.41, 5.74) is 8.86. The standard InChI is InChI=1S/C19H24N4O/c1-22(2)16-11-12-23(13-16)15-9-7-14(8-10-15)19(24)21-18-6-4-3-5-17(18)20/h3-10,16H,11-13,20H2,1-2H3,(H,21,24). The number of likely N-dealkylation sites (N-methyl/N-ethyl adjacent to an activating group) is 1. The number of nitrogens with one attached hydrogen (secondary N) is 1. The van der Waals surface area contributed by atoms with E-state index in [2.05, 4.69) is 29.2 Å². The smallest absolute Gasteiger partial charge is 0.255 e. The second-order valence-corrected chi connectivity index (χ2v) is 6.44. The van der Waals surface area contributed by atoms with E-state index in [1.54, 1.807) is 12.1 Å². The van der Waals surface area contributed by atoms with Gasteiger partial charge in [-0.05, 0) is 56.9 Å². The second-order valence-electron chi connectivity index (χ2n) is 6.44. The summed E-state index contributed by atoms with van der Waals surface area (Å²) in [4.78, 5) is 17.0. The highest BCUT2D eigenvalue weighted by Crippen LogP contribution is 2.23. The molecular weight excluding hydrogens is 300 g/mol. The minimum Gasteiger partial charge on any atom is -0.397 e. The van der Waals surface area contributed by atoms with Crippen molar-refractivity contribution in [1.82, 2.24) is 4.90 Å². The van der Waals surface area contributed by atoms with Gasteiger partial charge in [-0.15, -0.1) is 0 Å². The van der Waals surface area contributed by atoms with E-state index in [1.807, 2.05) is 36.4 Å². The van der Waals surface area contributed by atoms with Gasteiger partial charge in [-0.25, -0.2) is 0 Å². The number of hydrogen-bond acceptors (Lipinski definition) is 4. The molecule has 2 aromatic rings. The normalized spacial score (nSPS) is 17.3. The number of rotatable bonds is 4. The van der Waals surface area contributed by atoms with E-state index >= 15 is 0 Å². The van der Waals surface area contributed by atoms with Gasteiger partial charge in [-0.1, -0.05) is 12.1 Å². The number of nitrogen functional groups attached to an aromatic ring is 1. The van der Waals surface area contributed by atoms with Gasteiger partial charge in [-0.2, -0.15) is 0 Å². The molecule has 1 atom stereocenters. The summed E-state index contributed by atoms with van der Waals surface area (Å²) in [7, 11) is 4.24. The number of anilines is 3. The van der Waals surface area contributed by atoms with Gasteiger partial charge in [0.15, 0.2) is 0 Å². The lowest BCUT2D eigenvalue weighted by molar-refractivity contribution is 0.102. The van der Waals surface area contributed by atoms with Gasteiger partial charge in [0.1, 0.15) is 0 Å². The van der Waals surface area contributed by atoms with Crippen LogP contribution in [0.3, 0.4) is 0 Å². The van der Waals surface area contributed by atoms with Gasteiger partial charge in [0.2, 0.25) is 0 Å². The molecule has 126 valence electrons. The molecule has 0 radical (unpaired) electrons. The summed E-state index contributed by atoms with van der Waals surface area (Å²) >= 11 is 0. The Kier molecular flexibility index (Phi) is 4.71. The fourth-order valence-electron chi connectivity index (χ4n) is 3.03. The third-order valence-electron chi connectivity index (χ3n) is 4.60. The van der Waals surface area contributed by atoms with Crippen molar-refractivity contribution in [3.05, 3.63) is 54.1 Å². The molecule has 5 heteroatoms. The van der Waals surface area contributed by atoms with Crippen LogP contribution in [0.15, 0.2) is 48.5 Å². The van der Waals surface area contributed by atoms with Crippen molar-refractivity contribution in [2.45, 2.75) is 12.5 Å². The number of carbonyl (C=O) groups excluding carboxylic acids is 1. The van der Waals surface area contributed by atoms with E-state index in [-0.39, 0.29) is 5.91 Å². The molecule has 1 saturated heterocycles. The molecule has 1 unspecified atom stereocenters. The molecule has 0 spiro atoms. The molecule has 3 N–H and O–H groups in total. The quantitative estimate of drug-likeness (QED) is 0.849. The van der Waals surface area contributed by atoms with Crippen molar-refractivity contribution in [1.29, 1.82) is 0 Å². The van der Waals surface area contributed by atoms with Gasteiger partial charge in [-0.3, -0.25) is 4.79 Å². The highest BCUT2D eigenvalue weighted by molar-refractivity contribution is 6.05. The second kappa shape index (κ2) is 6.93. The minimum atomic E-state index is -0.146. The molecule has 3 rings (SSSR count). The average Bonchev–Trinajstić information content (AvgIpc) is 3.07. The molecule has 0 aliphatic carbocycles. The SMILES string of the molecule is CN(C)C1CCN(c2ccc(C(=O)Nc3ccccc3N)cc2)C1. The molecule has 0 bridgehead atoms. The number of carbonyl (C=O) groups is 1. The Bertz CT molecular complexity index is 712. The lowest BCUT2D eigenvalue weighted by Crippen LogP contribution is -2.31. The summed E-state index contributed by atoms with van der Waals surface area (Å²) in [5.74, 6) is -0.146. The molecule has 1 amide bonds. The zero-order valence-corrected chi connectivity index (χ0v) is 14.2. The Morgan fingerprint density at radius 1 is 1.17 bits per heavy atom. The highest BCUT2D eigenvalue weighted by atomic mass is 16.1. The van der Waals surface area contributed by atoms with Crippen LogP contribution in [-0.2, 0) is 0 Å². The Morgan fingerprint density at radius 2 is 1.88 bits per heavy atom. The first kappa shape index (κ1) is 16.3. The van der Waals surface area contributed by atoms with Crippen molar-refractivity contribution < 1.29 is 4.79 Å². The van der Waals surface area contributed by atoms with Crippen molar-refractivity contribution in [2.75, 3.05) is 43.1 Å². The molecule has 0 aromatic heterocycles. The Hall–Kier alpha value is -2.53. The fourth-order valence-corrected chi connectivity index (χ4v) is 3.03. The maximum absolute atomic E-state index is 12.4. The summed E-state index contributed by atoms with van der Waals surface area (Å²) in [5, 5.41) is 2.85. The monoisotopic (exact) mass is 324 g/mol. The van der Waals surface area contributed by atoms with E-state index in [0.717, 1.165) is 18.8 Å². The number of nitrogens with two attached hydrogens (primary N) is 1. The van der Waals surface area contributed by atoms with Gasteiger partial charge >= 0.3 is 0 Å².